The number of amides is 5. The monoisotopic (exact) mass is 464 g/mol. The Morgan fingerprint density at radius 3 is 2.42 bits per heavy atom. The molecule has 4 unspecified atom stereocenters. The maximum absolute atomic E-state index is 13.3. The van der Waals surface area contributed by atoms with Crippen molar-refractivity contribution in [2.75, 3.05) is 6.54 Å². The normalized spacial score (nSPS) is 25.8. The fourth-order valence-corrected chi connectivity index (χ4v) is 5.09. The number of carboxylic acid groups (broad SMARTS) is 1. The summed E-state index contributed by atoms with van der Waals surface area (Å²) in [5.41, 5.74) is 0. The number of carbonyl (C=O) groups is 6. The Balaban J connectivity index is 1.78. The SMILES string of the molecule is O=CC(CC1CCNC1=O)NC(=O)C(CC1CCCCC1)N1C(=O)CCC(NC(=O)O)C1=O. The molecule has 0 radical (unpaired) electrons. The van der Waals surface area contributed by atoms with Crippen molar-refractivity contribution in [3.8, 4) is 0 Å². The number of nitrogens with one attached hydrogen (secondary N) is 3. The van der Waals surface area contributed by atoms with Crippen LogP contribution in [0, 0.1) is 11.8 Å². The number of carbonyl (C=O) groups excluding carboxylic acids is 5. The van der Waals surface area contributed by atoms with Gasteiger partial charge < -0.3 is 25.9 Å². The van der Waals surface area contributed by atoms with Crippen molar-refractivity contribution in [2.24, 2.45) is 11.8 Å². The van der Waals surface area contributed by atoms with Crippen LogP contribution >= 0.6 is 0 Å². The highest BCUT2D eigenvalue weighted by Crippen LogP contribution is 2.30. The minimum atomic E-state index is -1.38. The Morgan fingerprint density at radius 2 is 1.82 bits per heavy atom. The van der Waals surface area contributed by atoms with Gasteiger partial charge >= 0.3 is 6.09 Å². The standard InChI is InChI=1S/C22H32N4O7/c27-12-15(11-14-8-9-23-19(14)29)24-20(30)17(10-13-4-2-1-3-5-13)26-18(28)7-6-16(21(26)31)25-22(32)33/h12-17,25H,1-11H2,(H,23,29)(H,24,30)(H,32,33). The molecule has 2 saturated heterocycles. The molecule has 4 N–H and O–H groups in total. The molecule has 0 aromatic carbocycles. The van der Waals surface area contributed by atoms with E-state index in [2.05, 4.69) is 16.0 Å². The molecule has 0 spiro atoms. The molecular formula is C22H32N4O7. The molecule has 1 saturated carbocycles. The second-order valence-corrected chi connectivity index (χ2v) is 9.16. The van der Waals surface area contributed by atoms with Crippen LogP contribution in [0.2, 0.25) is 0 Å². The predicted octanol–water partition coefficient (Wildman–Crippen LogP) is 0.321. The van der Waals surface area contributed by atoms with Crippen LogP contribution in [0.15, 0.2) is 0 Å². The van der Waals surface area contributed by atoms with Crippen molar-refractivity contribution < 1.29 is 33.9 Å². The van der Waals surface area contributed by atoms with Crippen molar-refractivity contribution in [3.63, 3.8) is 0 Å². The number of nitrogens with zero attached hydrogens (tertiary/aromatic N) is 1. The molecule has 182 valence electrons. The Labute approximate surface area is 192 Å². The molecule has 2 heterocycles. The molecule has 0 bridgehead atoms. The van der Waals surface area contributed by atoms with Gasteiger partial charge in [0, 0.05) is 18.9 Å². The van der Waals surface area contributed by atoms with Gasteiger partial charge in [-0.2, -0.15) is 0 Å². The Kier molecular flexibility index (Phi) is 8.40. The fraction of sp³-hybridized carbons (Fsp3) is 0.727. The van der Waals surface area contributed by atoms with Gasteiger partial charge in [-0.15, -0.1) is 0 Å². The summed E-state index contributed by atoms with van der Waals surface area (Å²) in [6.45, 7) is 0.516. The van der Waals surface area contributed by atoms with Gasteiger partial charge in [0.25, 0.3) is 5.91 Å². The van der Waals surface area contributed by atoms with E-state index in [4.69, 9.17) is 5.11 Å². The van der Waals surface area contributed by atoms with Crippen LogP contribution in [0.3, 0.4) is 0 Å². The van der Waals surface area contributed by atoms with E-state index in [9.17, 15) is 28.8 Å². The van der Waals surface area contributed by atoms with E-state index < -0.39 is 41.9 Å². The molecule has 3 rings (SSSR count). The van der Waals surface area contributed by atoms with E-state index in [1.54, 1.807) is 0 Å². The van der Waals surface area contributed by atoms with Gasteiger partial charge in [0.2, 0.25) is 17.7 Å². The van der Waals surface area contributed by atoms with Gasteiger partial charge in [-0.05, 0) is 31.6 Å². The lowest BCUT2D eigenvalue weighted by atomic mass is 9.83. The molecule has 2 aliphatic heterocycles. The minimum absolute atomic E-state index is 0.0337. The van der Waals surface area contributed by atoms with Crippen molar-refractivity contribution in [2.45, 2.75) is 82.3 Å². The molecule has 0 aromatic heterocycles. The zero-order chi connectivity index (χ0) is 24.0. The van der Waals surface area contributed by atoms with Gasteiger partial charge in [0.05, 0.1) is 6.04 Å². The van der Waals surface area contributed by atoms with Crippen LogP contribution in [-0.4, -0.2) is 70.7 Å². The molecule has 11 nitrogen and oxygen atoms in total. The lowest BCUT2D eigenvalue weighted by molar-refractivity contribution is -0.157. The average Bonchev–Trinajstić information content (AvgIpc) is 3.19. The van der Waals surface area contributed by atoms with E-state index in [0.717, 1.165) is 37.0 Å². The number of rotatable bonds is 9. The van der Waals surface area contributed by atoms with Crippen molar-refractivity contribution in [1.82, 2.24) is 20.9 Å². The smallest absolute Gasteiger partial charge is 0.405 e. The van der Waals surface area contributed by atoms with Crippen molar-refractivity contribution in [1.29, 1.82) is 0 Å². The zero-order valence-electron chi connectivity index (χ0n) is 18.6. The van der Waals surface area contributed by atoms with Gasteiger partial charge in [-0.3, -0.25) is 24.1 Å². The topological polar surface area (TPSA) is 162 Å². The summed E-state index contributed by atoms with van der Waals surface area (Å²) in [4.78, 5) is 74.5. The summed E-state index contributed by atoms with van der Waals surface area (Å²) in [7, 11) is 0. The third-order valence-electron chi connectivity index (χ3n) is 6.84. The lowest BCUT2D eigenvalue weighted by Crippen LogP contribution is -2.61. The Bertz CT molecular complexity index is 796. The summed E-state index contributed by atoms with van der Waals surface area (Å²) in [6.07, 6.45) is 4.95. The molecule has 5 amide bonds. The highest BCUT2D eigenvalue weighted by molar-refractivity contribution is 6.05. The number of piperidine rings is 1. The number of imide groups is 1. The van der Waals surface area contributed by atoms with Crippen LogP contribution < -0.4 is 16.0 Å². The Morgan fingerprint density at radius 1 is 1.09 bits per heavy atom. The average molecular weight is 465 g/mol. The van der Waals surface area contributed by atoms with Gasteiger partial charge in [0.1, 0.15) is 18.4 Å². The quantitative estimate of drug-likeness (QED) is 0.282. The number of hydrogen-bond acceptors (Lipinski definition) is 6. The van der Waals surface area contributed by atoms with Crippen LogP contribution in [0.5, 0.6) is 0 Å². The highest BCUT2D eigenvalue weighted by atomic mass is 16.4. The minimum Gasteiger partial charge on any atom is -0.465 e. The molecule has 3 fully saturated rings. The maximum atomic E-state index is 13.3. The summed E-state index contributed by atoms with van der Waals surface area (Å²) >= 11 is 0. The third-order valence-corrected chi connectivity index (χ3v) is 6.84. The molecule has 1 aliphatic carbocycles. The molecule has 4 atom stereocenters. The molecule has 11 heteroatoms. The largest absolute Gasteiger partial charge is 0.465 e. The summed E-state index contributed by atoms with van der Waals surface area (Å²) < 4.78 is 0. The fourth-order valence-electron chi connectivity index (χ4n) is 5.09. The first-order valence-corrected chi connectivity index (χ1v) is 11.7. The van der Waals surface area contributed by atoms with E-state index >= 15 is 0 Å². The first kappa shape index (κ1) is 24.7. The van der Waals surface area contributed by atoms with Gasteiger partial charge in [-0.1, -0.05) is 32.1 Å². The molecule has 3 aliphatic rings. The number of hydrogen-bond donors (Lipinski definition) is 4. The van der Waals surface area contributed by atoms with Gasteiger partial charge in [0.15, 0.2) is 0 Å². The van der Waals surface area contributed by atoms with E-state index in [1.807, 2.05) is 0 Å². The highest BCUT2D eigenvalue weighted by Gasteiger charge is 2.43. The number of likely N-dealkylation sites (tertiary alicyclic amines) is 1. The van der Waals surface area contributed by atoms with E-state index in [0.29, 0.717) is 19.3 Å². The Hall–Kier alpha value is -2.98. The summed E-state index contributed by atoms with van der Waals surface area (Å²) in [5.74, 6) is -2.33. The third kappa shape index (κ3) is 6.29. The first-order valence-electron chi connectivity index (χ1n) is 11.7. The maximum Gasteiger partial charge on any atom is 0.405 e. The van der Waals surface area contributed by atoms with Gasteiger partial charge in [-0.25, -0.2) is 4.79 Å². The van der Waals surface area contributed by atoms with Crippen LogP contribution in [0.4, 0.5) is 4.79 Å². The predicted molar refractivity (Wildman–Crippen MR) is 115 cm³/mol. The summed E-state index contributed by atoms with van der Waals surface area (Å²) in [6, 6.07) is -3.17. The van der Waals surface area contributed by atoms with E-state index in [-0.39, 0.29) is 43.4 Å². The van der Waals surface area contributed by atoms with Crippen LogP contribution in [-0.2, 0) is 24.0 Å². The second kappa shape index (κ2) is 11.2. The first-order chi connectivity index (χ1) is 15.8. The molecular weight excluding hydrogens is 432 g/mol. The van der Waals surface area contributed by atoms with Crippen LogP contribution in [0.1, 0.15) is 64.2 Å². The molecule has 0 aromatic rings. The van der Waals surface area contributed by atoms with Crippen molar-refractivity contribution in [3.05, 3.63) is 0 Å². The van der Waals surface area contributed by atoms with Crippen molar-refractivity contribution >= 4 is 36.0 Å². The van der Waals surface area contributed by atoms with E-state index in [1.165, 1.54) is 0 Å². The van der Waals surface area contributed by atoms with Crippen LogP contribution in [0.25, 0.3) is 0 Å². The summed E-state index contributed by atoms with van der Waals surface area (Å²) in [5, 5.41) is 16.5. The zero-order valence-corrected chi connectivity index (χ0v) is 18.6. The molecule has 33 heavy (non-hydrogen) atoms. The lowest BCUT2D eigenvalue weighted by Gasteiger charge is -2.37. The number of aldehydes is 1. The second-order valence-electron chi connectivity index (χ2n) is 9.16.